The van der Waals surface area contributed by atoms with E-state index in [4.69, 9.17) is 10.5 Å². The molecule has 0 radical (unpaired) electrons. The highest BCUT2D eigenvalue weighted by Crippen LogP contribution is 2.12. The predicted octanol–water partition coefficient (Wildman–Crippen LogP) is 1.17. The standard InChI is InChI=1S/C10H13FN2O2/c1-2-15-10(14)6-8(12)9-5-7(11)3-4-13-9/h3-5,8H,2,6,12H2,1H3. The molecule has 0 saturated carbocycles. The lowest BCUT2D eigenvalue weighted by molar-refractivity contribution is -0.143. The van der Waals surface area contributed by atoms with Crippen molar-refractivity contribution in [3.8, 4) is 0 Å². The van der Waals surface area contributed by atoms with Gasteiger partial charge in [0.25, 0.3) is 0 Å². The van der Waals surface area contributed by atoms with Crippen molar-refractivity contribution in [1.29, 1.82) is 0 Å². The Morgan fingerprint density at radius 3 is 3.07 bits per heavy atom. The van der Waals surface area contributed by atoms with Gasteiger partial charge in [0.1, 0.15) is 5.82 Å². The van der Waals surface area contributed by atoms with Crippen LogP contribution >= 0.6 is 0 Å². The molecule has 1 aromatic heterocycles. The number of nitrogens with zero attached hydrogens (tertiary/aromatic N) is 1. The summed E-state index contributed by atoms with van der Waals surface area (Å²) in [5.74, 6) is -0.824. The van der Waals surface area contributed by atoms with Gasteiger partial charge in [-0.2, -0.15) is 0 Å². The van der Waals surface area contributed by atoms with E-state index in [1.807, 2.05) is 0 Å². The van der Waals surface area contributed by atoms with Crippen LogP contribution in [-0.4, -0.2) is 17.6 Å². The number of esters is 1. The first kappa shape index (κ1) is 11.6. The van der Waals surface area contributed by atoms with Gasteiger partial charge in [-0.1, -0.05) is 0 Å². The molecule has 1 aromatic rings. The van der Waals surface area contributed by atoms with Crippen LogP contribution in [0.4, 0.5) is 4.39 Å². The van der Waals surface area contributed by atoms with Crippen LogP contribution in [0, 0.1) is 5.82 Å². The average molecular weight is 212 g/mol. The second-order valence-electron chi connectivity index (χ2n) is 3.01. The van der Waals surface area contributed by atoms with E-state index in [2.05, 4.69) is 4.98 Å². The quantitative estimate of drug-likeness (QED) is 0.761. The molecule has 1 unspecified atom stereocenters. The van der Waals surface area contributed by atoms with Crippen LogP contribution in [0.3, 0.4) is 0 Å². The SMILES string of the molecule is CCOC(=O)CC(N)c1cc(F)ccn1. The summed E-state index contributed by atoms with van der Waals surface area (Å²) in [6, 6.07) is 1.81. The number of nitrogens with two attached hydrogens (primary N) is 1. The highest BCUT2D eigenvalue weighted by atomic mass is 19.1. The summed E-state index contributed by atoms with van der Waals surface area (Å²) in [6.45, 7) is 2.02. The molecule has 0 aliphatic rings. The number of carbonyl (C=O) groups is 1. The van der Waals surface area contributed by atoms with Crippen LogP contribution in [0.2, 0.25) is 0 Å². The Kier molecular flexibility index (Phi) is 4.17. The zero-order chi connectivity index (χ0) is 11.3. The molecule has 2 N–H and O–H groups in total. The summed E-state index contributed by atoms with van der Waals surface area (Å²) in [5.41, 5.74) is 6.02. The highest BCUT2D eigenvalue weighted by Gasteiger charge is 2.13. The first-order chi connectivity index (χ1) is 7.13. The second-order valence-corrected chi connectivity index (χ2v) is 3.01. The van der Waals surface area contributed by atoms with Crippen molar-refractivity contribution in [2.24, 2.45) is 5.73 Å². The van der Waals surface area contributed by atoms with Crippen molar-refractivity contribution in [2.45, 2.75) is 19.4 Å². The molecule has 1 heterocycles. The number of hydrogen-bond donors (Lipinski definition) is 1. The molecule has 0 spiro atoms. The van der Waals surface area contributed by atoms with Crippen LogP contribution < -0.4 is 5.73 Å². The molecule has 1 atom stereocenters. The predicted molar refractivity (Wildman–Crippen MR) is 52.4 cm³/mol. The third-order valence-electron chi connectivity index (χ3n) is 1.81. The summed E-state index contributed by atoms with van der Waals surface area (Å²) in [5, 5.41) is 0. The third kappa shape index (κ3) is 3.63. The molecular weight excluding hydrogens is 199 g/mol. The largest absolute Gasteiger partial charge is 0.466 e. The van der Waals surface area contributed by atoms with Gasteiger partial charge in [-0.05, 0) is 19.1 Å². The molecule has 0 fully saturated rings. The molecular formula is C10H13FN2O2. The lowest BCUT2D eigenvalue weighted by Gasteiger charge is -2.09. The minimum atomic E-state index is -0.625. The molecule has 0 aromatic carbocycles. The number of carbonyl (C=O) groups excluding carboxylic acids is 1. The van der Waals surface area contributed by atoms with Crippen molar-refractivity contribution in [1.82, 2.24) is 4.98 Å². The number of aromatic nitrogens is 1. The topological polar surface area (TPSA) is 65.2 Å². The van der Waals surface area contributed by atoms with E-state index in [9.17, 15) is 9.18 Å². The molecule has 5 heteroatoms. The minimum Gasteiger partial charge on any atom is -0.466 e. The van der Waals surface area contributed by atoms with E-state index in [0.29, 0.717) is 12.3 Å². The van der Waals surface area contributed by atoms with Crippen molar-refractivity contribution < 1.29 is 13.9 Å². The first-order valence-electron chi connectivity index (χ1n) is 4.66. The lowest BCUT2D eigenvalue weighted by Crippen LogP contribution is -2.18. The Bertz CT molecular complexity index is 344. The van der Waals surface area contributed by atoms with Gasteiger partial charge in [-0.25, -0.2) is 4.39 Å². The van der Waals surface area contributed by atoms with Crippen LogP contribution in [0.5, 0.6) is 0 Å². The maximum atomic E-state index is 12.8. The van der Waals surface area contributed by atoms with Gasteiger partial charge in [-0.3, -0.25) is 9.78 Å². The molecule has 15 heavy (non-hydrogen) atoms. The summed E-state index contributed by atoms with van der Waals surface area (Å²) in [6.07, 6.45) is 1.32. The zero-order valence-electron chi connectivity index (χ0n) is 8.44. The summed E-state index contributed by atoms with van der Waals surface area (Å²) in [7, 11) is 0. The van der Waals surface area contributed by atoms with Gasteiger partial charge in [-0.15, -0.1) is 0 Å². The van der Waals surface area contributed by atoms with E-state index in [1.54, 1.807) is 6.92 Å². The van der Waals surface area contributed by atoms with Crippen LogP contribution in [0.25, 0.3) is 0 Å². The minimum absolute atomic E-state index is 0.00426. The highest BCUT2D eigenvalue weighted by molar-refractivity contribution is 5.70. The number of ether oxygens (including phenoxy) is 1. The number of pyridine rings is 1. The lowest BCUT2D eigenvalue weighted by atomic mass is 10.1. The molecule has 0 bridgehead atoms. The van der Waals surface area contributed by atoms with Gasteiger partial charge < -0.3 is 10.5 Å². The van der Waals surface area contributed by atoms with Gasteiger partial charge in [0, 0.05) is 6.20 Å². The Balaban J connectivity index is 2.60. The van der Waals surface area contributed by atoms with E-state index >= 15 is 0 Å². The molecule has 0 amide bonds. The molecule has 82 valence electrons. The van der Waals surface area contributed by atoms with E-state index in [-0.39, 0.29) is 6.42 Å². The van der Waals surface area contributed by atoms with Crippen LogP contribution in [0.1, 0.15) is 25.1 Å². The number of hydrogen-bond acceptors (Lipinski definition) is 4. The number of rotatable bonds is 4. The Labute approximate surface area is 87.3 Å². The smallest absolute Gasteiger partial charge is 0.307 e. The molecule has 0 aliphatic carbocycles. The van der Waals surface area contributed by atoms with Gasteiger partial charge in [0.15, 0.2) is 0 Å². The summed E-state index contributed by atoms with van der Waals surface area (Å²) < 4.78 is 17.5. The monoisotopic (exact) mass is 212 g/mol. The van der Waals surface area contributed by atoms with Crippen LogP contribution in [0.15, 0.2) is 18.3 Å². The maximum absolute atomic E-state index is 12.8. The summed E-state index contributed by atoms with van der Waals surface area (Å²) >= 11 is 0. The fraction of sp³-hybridized carbons (Fsp3) is 0.400. The molecule has 4 nitrogen and oxygen atoms in total. The molecule has 1 rings (SSSR count). The van der Waals surface area contributed by atoms with E-state index in [0.717, 1.165) is 0 Å². The normalized spacial score (nSPS) is 12.2. The zero-order valence-corrected chi connectivity index (χ0v) is 8.44. The van der Waals surface area contributed by atoms with E-state index in [1.165, 1.54) is 18.3 Å². The average Bonchev–Trinajstić information content (AvgIpc) is 2.18. The van der Waals surface area contributed by atoms with Crippen molar-refractivity contribution in [3.05, 3.63) is 29.8 Å². The third-order valence-corrected chi connectivity index (χ3v) is 1.81. The van der Waals surface area contributed by atoms with Gasteiger partial charge in [0.05, 0.1) is 24.8 Å². The maximum Gasteiger partial charge on any atom is 0.307 e. The molecule has 0 aliphatic heterocycles. The van der Waals surface area contributed by atoms with Crippen molar-refractivity contribution >= 4 is 5.97 Å². The first-order valence-corrected chi connectivity index (χ1v) is 4.66. The van der Waals surface area contributed by atoms with Crippen LogP contribution in [-0.2, 0) is 9.53 Å². The fourth-order valence-corrected chi connectivity index (χ4v) is 1.13. The molecule has 0 saturated heterocycles. The number of halogens is 1. The Hall–Kier alpha value is -1.49. The Morgan fingerprint density at radius 1 is 1.73 bits per heavy atom. The second kappa shape index (κ2) is 5.41. The van der Waals surface area contributed by atoms with E-state index < -0.39 is 17.8 Å². The fourth-order valence-electron chi connectivity index (χ4n) is 1.13. The van der Waals surface area contributed by atoms with Gasteiger partial charge in [0.2, 0.25) is 0 Å². The van der Waals surface area contributed by atoms with Gasteiger partial charge >= 0.3 is 5.97 Å². The Morgan fingerprint density at radius 2 is 2.47 bits per heavy atom. The van der Waals surface area contributed by atoms with Crippen molar-refractivity contribution in [2.75, 3.05) is 6.61 Å². The van der Waals surface area contributed by atoms with Crippen molar-refractivity contribution in [3.63, 3.8) is 0 Å². The summed E-state index contributed by atoms with van der Waals surface area (Å²) in [4.78, 5) is 15.0.